The first-order valence-electron chi connectivity index (χ1n) is 10.0. The Labute approximate surface area is 203 Å². The fourth-order valence-electron chi connectivity index (χ4n) is 3.60. The Hall–Kier alpha value is -3.36. The van der Waals surface area contributed by atoms with Gasteiger partial charge in [-0.2, -0.15) is 5.26 Å². The zero-order valence-corrected chi connectivity index (χ0v) is 19.7. The van der Waals surface area contributed by atoms with Crippen molar-refractivity contribution < 1.29 is 24.1 Å². The summed E-state index contributed by atoms with van der Waals surface area (Å²) in [5.74, 6) is -0.520. The molecule has 8 nitrogen and oxygen atoms in total. The normalized spacial score (nSPS) is 13.9. The summed E-state index contributed by atoms with van der Waals surface area (Å²) >= 11 is 2.19. The summed E-state index contributed by atoms with van der Waals surface area (Å²) in [5.41, 5.74) is 1.03. The van der Waals surface area contributed by atoms with Gasteiger partial charge < -0.3 is 23.9 Å². The Balaban J connectivity index is 1.86. The second-order valence-electron chi connectivity index (χ2n) is 7.32. The average Bonchev–Trinajstić information content (AvgIpc) is 2.81. The van der Waals surface area contributed by atoms with Gasteiger partial charge in [-0.15, -0.1) is 0 Å². The fourth-order valence-corrected chi connectivity index (χ4v) is 3.96. The lowest BCUT2D eigenvalue weighted by Crippen LogP contribution is -2.27. The van der Waals surface area contributed by atoms with Gasteiger partial charge >= 0.3 is 5.97 Å². The minimum absolute atomic E-state index is 0.281. The van der Waals surface area contributed by atoms with Crippen LogP contribution >= 0.6 is 22.6 Å². The molecule has 4 rings (SSSR count). The van der Waals surface area contributed by atoms with Gasteiger partial charge in [-0.1, -0.05) is 12.1 Å². The van der Waals surface area contributed by atoms with Crippen molar-refractivity contribution >= 4 is 28.6 Å². The monoisotopic (exact) mass is 558 g/mol. The Kier molecular flexibility index (Phi) is 6.67. The van der Waals surface area contributed by atoms with Gasteiger partial charge in [0.1, 0.15) is 23.1 Å². The van der Waals surface area contributed by atoms with Crippen LogP contribution in [0, 0.1) is 14.9 Å². The smallest absolute Gasteiger partial charge is 0.341 e. The summed E-state index contributed by atoms with van der Waals surface area (Å²) in [4.78, 5) is 24.1. The van der Waals surface area contributed by atoms with Crippen molar-refractivity contribution in [1.82, 2.24) is 4.57 Å². The molecule has 2 heterocycles. The molecule has 0 aliphatic carbocycles. The van der Waals surface area contributed by atoms with Gasteiger partial charge in [-0.05, 0) is 40.8 Å². The molecular formula is C24H19IN2O6. The van der Waals surface area contributed by atoms with E-state index in [1.54, 1.807) is 23.8 Å². The number of methoxy groups -OCH3 is 1. The van der Waals surface area contributed by atoms with Crippen molar-refractivity contribution in [2.45, 2.75) is 12.6 Å². The molecule has 0 spiro atoms. The van der Waals surface area contributed by atoms with Crippen LogP contribution in [0.25, 0.3) is 11.3 Å². The van der Waals surface area contributed by atoms with Crippen molar-refractivity contribution in [2.24, 2.45) is 0 Å². The predicted molar refractivity (Wildman–Crippen MR) is 128 cm³/mol. The van der Waals surface area contributed by atoms with E-state index in [1.165, 1.54) is 12.3 Å². The van der Waals surface area contributed by atoms with Crippen LogP contribution in [0.4, 0.5) is 0 Å². The van der Waals surface area contributed by atoms with E-state index in [1.807, 2.05) is 24.3 Å². The third kappa shape index (κ3) is 4.58. The number of nitriles is 1. The SMILES string of the molecule is COCCCOc1cc2c(cc1C#N)-c1cc(=O)c(C(=O)O)cn1C(c1ccc(I)cc1)O2. The van der Waals surface area contributed by atoms with Crippen LogP contribution in [0.2, 0.25) is 0 Å². The van der Waals surface area contributed by atoms with Crippen molar-refractivity contribution in [2.75, 3.05) is 20.3 Å². The van der Waals surface area contributed by atoms with E-state index in [9.17, 15) is 20.0 Å². The molecule has 2 aromatic carbocycles. The lowest BCUT2D eigenvalue weighted by Gasteiger charge is -2.32. The van der Waals surface area contributed by atoms with Crippen LogP contribution < -0.4 is 14.9 Å². The van der Waals surface area contributed by atoms with Gasteiger partial charge in [0.2, 0.25) is 6.23 Å². The van der Waals surface area contributed by atoms with E-state index < -0.39 is 17.6 Å². The molecule has 1 N–H and O–H groups in total. The van der Waals surface area contributed by atoms with Crippen molar-refractivity contribution in [1.29, 1.82) is 5.26 Å². The highest BCUT2D eigenvalue weighted by Gasteiger charge is 2.29. The molecule has 1 unspecified atom stereocenters. The first kappa shape index (κ1) is 22.8. The number of pyridine rings is 1. The molecule has 3 aromatic rings. The summed E-state index contributed by atoms with van der Waals surface area (Å²) < 4.78 is 19.7. The summed E-state index contributed by atoms with van der Waals surface area (Å²) in [6.07, 6.45) is 1.23. The number of fused-ring (bicyclic) bond motifs is 3. The molecule has 1 aromatic heterocycles. The van der Waals surface area contributed by atoms with Gasteiger partial charge in [-0.25, -0.2) is 4.79 Å². The number of halogens is 1. The molecule has 168 valence electrons. The molecule has 0 radical (unpaired) electrons. The Morgan fingerprint density at radius 3 is 2.67 bits per heavy atom. The van der Waals surface area contributed by atoms with E-state index in [0.29, 0.717) is 42.4 Å². The number of aromatic carboxylic acids is 1. The standard InChI is InChI=1S/C24H19IN2O6/c1-31-7-2-8-32-21-11-22-17(9-15(21)12-26)19-10-20(28)18(24(29)30)13-27(19)23(33-22)14-3-5-16(25)6-4-14/h3-6,9-11,13,23H,2,7-8H2,1H3,(H,29,30). The fraction of sp³-hybridized carbons (Fsp3) is 0.208. The summed E-state index contributed by atoms with van der Waals surface area (Å²) in [6, 6.07) is 14.2. The number of hydrogen-bond acceptors (Lipinski definition) is 6. The van der Waals surface area contributed by atoms with E-state index in [4.69, 9.17) is 14.2 Å². The largest absolute Gasteiger partial charge is 0.492 e. The maximum absolute atomic E-state index is 12.5. The minimum Gasteiger partial charge on any atom is -0.492 e. The molecule has 1 aliphatic heterocycles. The second kappa shape index (κ2) is 9.64. The Morgan fingerprint density at radius 1 is 1.24 bits per heavy atom. The highest BCUT2D eigenvalue weighted by molar-refractivity contribution is 14.1. The van der Waals surface area contributed by atoms with E-state index in [-0.39, 0.29) is 11.1 Å². The van der Waals surface area contributed by atoms with Gasteiger partial charge in [0.05, 0.1) is 17.9 Å². The van der Waals surface area contributed by atoms with Gasteiger partial charge in [-0.3, -0.25) is 4.79 Å². The number of ether oxygens (including phenoxy) is 3. The molecule has 0 saturated heterocycles. The molecule has 33 heavy (non-hydrogen) atoms. The Morgan fingerprint density at radius 2 is 2.00 bits per heavy atom. The molecule has 0 fully saturated rings. The molecule has 1 atom stereocenters. The zero-order chi connectivity index (χ0) is 23.5. The number of hydrogen-bond donors (Lipinski definition) is 1. The maximum atomic E-state index is 12.5. The summed E-state index contributed by atoms with van der Waals surface area (Å²) in [7, 11) is 1.60. The van der Waals surface area contributed by atoms with Crippen LogP contribution in [-0.2, 0) is 4.74 Å². The van der Waals surface area contributed by atoms with Crippen LogP contribution in [0.5, 0.6) is 11.5 Å². The number of benzene rings is 2. The Bertz CT molecular complexity index is 1310. The second-order valence-corrected chi connectivity index (χ2v) is 8.57. The molecule has 1 aliphatic rings. The predicted octanol–water partition coefficient (Wildman–Crippen LogP) is 4.04. The lowest BCUT2D eigenvalue weighted by molar-refractivity contribution is 0.0693. The molecular weight excluding hydrogens is 539 g/mol. The van der Waals surface area contributed by atoms with Crippen molar-refractivity contribution in [3.8, 4) is 28.8 Å². The first-order valence-corrected chi connectivity index (χ1v) is 11.1. The first-order chi connectivity index (χ1) is 15.9. The molecule has 0 bridgehead atoms. The molecule has 0 amide bonds. The highest BCUT2D eigenvalue weighted by Crippen LogP contribution is 2.43. The quantitative estimate of drug-likeness (QED) is 0.344. The minimum atomic E-state index is -1.32. The molecule has 9 heteroatoms. The van der Waals surface area contributed by atoms with Gasteiger partial charge in [0.15, 0.2) is 5.43 Å². The number of rotatable bonds is 7. The third-order valence-corrected chi connectivity index (χ3v) is 5.90. The number of carboxylic acids is 1. The van der Waals surface area contributed by atoms with Crippen LogP contribution in [0.15, 0.2) is 53.5 Å². The van der Waals surface area contributed by atoms with Gasteiger partial charge in [0.25, 0.3) is 0 Å². The lowest BCUT2D eigenvalue weighted by atomic mass is 10.0. The van der Waals surface area contributed by atoms with Crippen molar-refractivity contribution in [3.63, 3.8) is 0 Å². The average molecular weight is 558 g/mol. The van der Waals surface area contributed by atoms with E-state index >= 15 is 0 Å². The maximum Gasteiger partial charge on any atom is 0.341 e. The van der Waals surface area contributed by atoms with E-state index in [0.717, 1.165) is 9.13 Å². The van der Waals surface area contributed by atoms with E-state index in [2.05, 4.69) is 28.7 Å². The number of carboxylic acid groups (broad SMARTS) is 1. The summed E-state index contributed by atoms with van der Waals surface area (Å²) in [5, 5.41) is 19.1. The number of aromatic nitrogens is 1. The zero-order valence-electron chi connectivity index (χ0n) is 17.6. The topological polar surface area (TPSA) is 111 Å². The van der Waals surface area contributed by atoms with Crippen LogP contribution in [-0.4, -0.2) is 36.0 Å². The summed E-state index contributed by atoms with van der Waals surface area (Å²) in [6.45, 7) is 0.889. The third-order valence-electron chi connectivity index (χ3n) is 5.18. The number of carbonyl (C=O) groups is 1. The van der Waals surface area contributed by atoms with Crippen molar-refractivity contribution in [3.05, 3.63) is 79.1 Å². The van der Waals surface area contributed by atoms with Crippen LogP contribution in [0.1, 0.15) is 34.1 Å². The highest BCUT2D eigenvalue weighted by atomic mass is 127. The molecule has 0 saturated carbocycles. The van der Waals surface area contributed by atoms with Crippen LogP contribution in [0.3, 0.4) is 0 Å². The number of nitrogens with zero attached hydrogens (tertiary/aromatic N) is 2. The van der Waals surface area contributed by atoms with Gasteiger partial charge in [0, 0.05) is 53.2 Å².